The van der Waals surface area contributed by atoms with E-state index in [9.17, 15) is 24.3 Å². The van der Waals surface area contributed by atoms with Gasteiger partial charge in [-0.3, -0.25) is 19.3 Å². The summed E-state index contributed by atoms with van der Waals surface area (Å²) in [6.45, 7) is 0.189. The zero-order valence-electron chi connectivity index (χ0n) is 19.2. The lowest BCUT2D eigenvalue weighted by atomic mass is 10.0. The van der Waals surface area contributed by atoms with Crippen LogP contribution in [0.3, 0.4) is 0 Å². The maximum Gasteiger partial charge on any atom is 0.352 e. The van der Waals surface area contributed by atoms with Gasteiger partial charge in [0.1, 0.15) is 22.7 Å². The molecule has 2 aliphatic rings. The molecule has 194 valence electrons. The minimum atomic E-state index is -1.23. The molecule has 0 spiro atoms. The summed E-state index contributed by atoms with van der Waals surface area (Å²) in [6, 6.07) is 5.54. The highest BCUT2D eigenvalue weighted by atomic mass is 35.5. The van der Waals surface area contributed by atoms with Crippen LogP contribution in [-0.4, -0.2) is 63.7 Å². The molecule has 1 saturated heterocycles. The second-order valence-corrected chi connectivity index (χ2v) is 11.4. The molecule has 2 aliphatic heterocycles. The molecule has 0 saturated carbocycles. The Balaban J connectivity index is 1.43. The van der Waals surface area contributed by atoms with Crippen LogP contribution in [0.15, 0.2) is 52.8 Å². The Kier molecular flexibility index (Phi) is 8.59. The number of fused-ring (bicyclic) bond motifs is 1. The predicted octanol–water partition coefficient (Wildman–Crippen LogP) is 2.82. The van der Waals surface area contributed by atoms with Crippen molar-refractivity contribution in [2.45, 2.75) is 22.9 Å². The Hall–Kier alpha value is -2.44. The van der Waals surface area contributed by atoms with Crippen molar-refractivity contribution in [3.63, 3.8) is 0 Å². The molecule has 1 fully saturated rings. The summed E-state index contributed by atoms with van der Waals surface area (Å²) in [5.41, 5.74) is 0.844. The molecule has 0 unspecified atom stereocenters. The first kappa shape index (κ1) is 27.6. The number of aromatic nitrogens is 1. The first-order chi connectivity index (χ1) is 17.6. The van der Waals surface area contributed by atoms with Gasteiger partial charge < -0.3 is 15.7 Å². The third-order valence-corrected chi connectivity index (χ3v) is 9.16. The maximum atomic E-state index is 12.9. The van der Waals surface area contributed by atoms with Gasteiger partial charge in [-0.25, -0.2) is 9.36 Å². The third-order valence-electron chi connectivity index (χ3n) is 5.62. The normalized spacial score (nSPS) is 18.7. The minimum Gasteiger partial charge on any atom is -0.477 e. The zero-order valence-corrected chi connectivity index (χ0v) is 23.1. The molecule has 1 aromatic carbocycles. The minimum absolute atomic E-state index is 0.0238. The van der Waals surface area contributed by atoms with Crippen LogP contribution in [-0.2, 0) is 20.9 Å². The molecule has 14 heteroatoms. The summed E-state index contributed by atoms with van der Waals surface area (Å²) in [4.78, 5) is 51.3. The Morgan fingerprint density at radius 2 is 1.95 bits per heavy atom. The van der Waals surface area contributed by atoms with Crippen LogP contribution >= 0.6 is 58.3 Å². The number of pyridine rings is 1. The lowest BCUT2D eigenvalue weighted by molar-refractivity contribution is -0.689. The standard InChI is InChI=1S/C23H19Cl3N4O5S2/c1-27-20(32)11-3-2-4-29(7-11)8-12-9-37-22-18(21(33)30(22)19(12)23(34)35)28-17(31)10-36-16-6-14(25)13(24)5-15(16)26/h2-7,18,22H,8-10H2,1H3,(H2-,27,28,31,32,34,35)/p+1/t18-,22+/m0/s1. The Bertz CT molecular complexity index is 1340. The highest BCUT2D eigenvalue weighted by Gasteiger charge is 2.54. The molecule has 0 bridgehead atoms. The topological polar surface area (TPSA) is 120 Å². The van der Waals surface area contributed by atoms with E-state index in [1.807, 2.05) is 0 Å². The Labute approximate surface area is 235 Å². The monoisotopic (exact) mass is 601 g/mol. The lowest BCUT2D eigenvalue weighted by Gasteiger charge is -2.49. The first-order valence-corrected chi connectivity index (χ1v) is 14.0. The van der Waals surface area contributed by atoms with Gasteiger partial charge in [-0.1, -0.05) is 34.8 Å². The van der Waals surface area contributed by atoms with Crippen LogP contribution in [0.5, 0.6) is 0 Å². The van der Waals surface area contributed by atoms with Crippen LogP contribution in [0.2, 0.25) is 15.1 Å². The molecule has 0 radical (unpaired) electrons. The fourth-order valence-electron chi connectivity index (χ4n) is 3.90. The molecule has 1 aromatic heterocycles. The summed E-state index contributed by atoms with van der Waals surface area (Å²) in [5.74, 6) is -2.08. The number of nitrogens with one attached hydrogen (secondary N) is 2. The van der Waals surface area contributed by atoms with E-state index in [1.54, 1.807) is 35.2 Å². The molecule has 3 amide bonds. The number of rotatable bonds is 8. The van der Waals surface area contributed by atoms with Crippen molar-refractivity contribution < 1.29 is 28.9 Å². The fourth-order valence-corrected chi connectivity index (χ4v) is 6.78. The van der Waals surface area contributed by atoms with Crippen molar-refractivity contribution >= 4 is 82.0 Å². The van der Waals surface area contributed by atoms with Gasteiger partial charge in [0, 0.05) is 29.3 Å². The fraction of sp³-hybridized carbons (Fsp3) is 0.261. The van der Waals surface area contributed by atoms with Crippen molar-refractivity contribution in [1.29, 1.82) is 0 Å². The van der Waals surface area contributed by atoms with Crippen molar-refractivity contribution in [3.05, 3.63) is 68.6 Å². The van der Waals surface area contributed by atoms with E-state index in [2.05, 4.69) is 10.6 Å². The highest BCUT2D eigenvalue weighted by molar-refractivity contribution is 8.00. The number of benzene rings is 1. The number of β-lactam (4-membered cyclic amide) rings is 1. The van der Waals surface area contributed by atoms with E-state index in [-0.39, 0.29) is 23.9 Å². The van der Waals surface area contributed by atoms with E-state index in [1.165, 1.54) is 29.8 Å². The van der Waals surface area contributed by atoms with E-state index in [0.29, 0.717) is 36.9 Å². The zero-order chi connectivity index (χ0) is 26.9. The molecule has 37 heavy (non-hydrogen) atoms. The van der Waals surface area contributed by atoms with Crippen LogP contribution in [0, 0.1) is 0 Å². The summed E-state index contributed by atoms with van der Waals surface area (Å²) in [7, 11) is 1.52. The quantitative estimate of drug-likeness (QED) is 0.184. The Morgan fingerprint density at radius 3 is 2.65 bits per heavy atom. The van der Waals surface area contributed by atoms with Crippen LogP contribution in [0.25, 0.3) is 0 Å². The van der Waals surface area contributed by atoms with Gasteiger partial charge >= 0.3 is 5.97 Å². The molecule has 9 nitrogen and oxygen atoms in total. The van der Waals surface area contributed by atoms with Crippen molar-refractivity contribution in [1.82, 2.24) is 15.5 Å². The number of carboxylic acids is 1. The molecule has 0 aliphatic carbocycles. The number of hydrogen-bond acceptors (Lipinski definition) is 6. The number of carboxylic acid groups (broad SMARTS) is 1. The molecule has 4 rings (SSSR count). The second-order valence-electron chi connectivity index (χ2n) is 8.04. The summed E-state index contributed by atoms with van der Waals surface area (Å²) >= 11 is 20.6. The third kappa shape index (κ3) is 5.85. The number of carbonyl (C=O) groups is 4. The lowest BCUT2D eigenvalue weighted by Crippen LogP contribution is -2.71. The number of aliphatic carboxylic acids is 1. The van der Waals surface area contributed by atoms with Crippen molar-refractivity contribution in [3.8, 4) is 0 Å². The van der Waals surface area contributed by atoms with E-state index in [4.69, 9.17) is 34.8 Å². The number of halogens is 3. The molecule has 3 N–H and O–H groups in total. The van der Waals surface area contributed by atoms with Crippen LogP contribution in [0.1, 0.15) is 10.4 Å². The average molecular weight is 603 g/mol. The number of nitrogens with zero attached hydrogens (tertiary/aromatic N) is 2. The largest absolute Gasteiger partial charge is 0.477 e. The molecular weight excluding hydrogens is 583 g/mol. The summed E-state index contributed by atoms with van der Waals surface area (Å²) in [6.07, 6.45) is 3.33. The summed E-state index contributed by atoms with van der Waals surface area (Å²) in [5, 5.41) is 15.6. The van der Waals surface area contributed by atoms with E-state index < -0.39 is 29.2 Å². The maximum absolute atomic E-state index is 12.9. The van der Waals surface area contributed by atoms with Crippen LogP contribution < -0.4 is 15.2 Å². The number of carbonyl (C=O) groups excluding carboxylic acids is 3. The molecule has 3 heterocycles. The Morgan fingerprint density at radius 1 is 1.22 bits per heavy atom. The van der Waals surface area contributed by atoms with Gasteiger partial charge in [-0.05, 0) is 18.2 Å². The smallest absolute Gasteiger partial charge is 0.352 e. The van der Waals surface area contributed by atoms with Gasteiger partial charge in [-0.15, -0.1) is 23.5 Å². The van der Waals surface area contributed by atoms with Gasteiger partial charge in [-0.2, -0.15) is 0 Å². The van der Waals surface area contributed by atoms with Crippen molar-refractivity contribution in [2.75, 3.05) is 18.6 Å². The van der Waals surface area contributed by atoms with Crippen LogP contribution in [0.4, 0.5) is 0 Å². The SMILES string of the molecule is CNC(=O)c1ccc[n+](CC2=C(C(=O)O)N3C(=O)[C@H](NC(=O)CSc4cc(Cl)c(Cl)cc4Cl)[C@H]3SC2)c1. The van der Waals surface area contributed by atoms with Gasteiger partial charge in [0.25, 0.3) is 11.8 Å². The highest BCUT2D eigenvalue weighted by Crippen LogP contribution is 2.40. The first-order valence-electron chi connectivity index (χ1n) is 10.8. The van der Waals surface area contributed by atoms with E-state index >= 15 is 0 Å². The predicted molar refractivity (Wildman–Crippen MR) is 142 cm³/mol. The van der Waals surface area contributed by atoms with Gasteiger partial charge in [0.2, 0.25) is 5.91 Å². The number of thioether (sulfide) groups is 2. The number of amides is 3. The average Bonchev–Trinajstić information content (AvgIpc) is 2.87. The van der Waals surface area contributed by atoms with E-state index in [0.717, 1.165) is 11.8 Å². The molecule has 2 aromatic rings. The second kappa shape index (κ2) is 11.5. The molecule has 2 atom stereocenters. The van der Waals surface area contributed by atoms with Gasteiger partial charge in [0.15, 0.2) is 18.9 Å². The number of hydrogen-bond donors (Lipinski definition) is 3. The van der Waals surface area contributed by atoms with Gasteiger partial charge in [0.05, 0.1) is 20.8 Å². The summed E-state index contributed by atoms with van der Waals surface area (Å²) < 4.78 is 1.69. The molecular formula is C23H20Cl3N4O5S2+. The van der Waals surface area contributed by atoms with Crippen molar-refractivity contribution in [2.24, 2.45) is 0 Å².